The fraction of sp³-hybridized carbons (Fsp3) is 0.143. The molecule has 0 heterocycles. The second kappa shape index (κ2) is 3.03. The first kappa shape index (κ1) is 8.87. The molecule has 60 valence electrons. The number of hydrogen-bond donors (Lipinski definition) is 0. The van der Waals surface area contributed by atoms with Gasteiger partial charge in [-0.3, -0.25) is 8.22 Å². The summed E-state index contributed by atoms with van der Waals surface area (Å²) in [6, 6.07) is 6.21. The third-order valence-corrected chi connectivity index (χ3v) is 3.23. The maximum absolute atomic E-state index is 12.7. The Balaban J connectivity index is 2.99. The highest BCUT2D eigenvalue weighted by molar-refractivity contribution is 9.10. The highest BCUT2D eigenvalue weighted by atomic mass is 79.9. The molecule has 0 nitrogen and oxygen atoms in total. The van der Waals surface area contributed by atoms with Crippen LogP contribution in [0.15, 0.2) is 28.7 Å². The summed E-state index contributed by atoms with van der Waals surface area (Å²) in [5.41, 5.74) is 0. The highest BCUT2D eigenvalue weighted by Crippen LogP contribution is 2.10. The van der Waals surface area contributed by atoms with E-state index < -0.39 is 8.74 Å². The van der Waals surface area contributed by atoms with Crippen LogP contribution in [0.3, 0.4) is 0 Å². The summed E-state index contributed by atoms with van der Waals surface area (Å²) >= 11 is 3.18. The van der Waals surface area contributed by atoms with Crippen molar-refractivity contribution < 1.29 is 8.22 Å². The van der Waals surface area contributed by atoms with Crippen LogP contribution in [0.2, 0.25) is 6.55 Å². The summed E-state index contributed by atoms with van der Waals surface area (Å²) in [7, 11) is -4.08. The van der Waals surface area contributed by atoms with Crippen molar-refractivity contribution >= 4 is 29.9 Å². The van der Waals surface area contributed by atoms with Crippen molar-refractivity contribution in [3.05, 3.63) is 28.7 Å². The zero-order chi connectivity index (χ0) is 8.48. The fourth-order valence-corrected chi connectivity index (χ4v) is 1.76. The predicted molar refractivity (Wildman–Crippen MR) is 47.6 cm³/mol. The first-order valence-corrected chi connectivity index (χ1v) is 6.19. The van der Waals surface area contributed by atoms with Crippen molar-refractivity contribution in [3.63, 3.8) is 0 Å². The maximum atomic E-state index is 12.7. The largest absolute Gasteiger partial charge is 0.452 e. The van der Waals surface area contributed by atoms with Crippen LogP contribution in [0.4, 0.5) is 8.22 Å². The molecule has 0 saturated heterocycles. The molecule has 0 amide bonds. The van der Waals surface area contributed by atoms with Crippen molar-refractivity contribution in [2.24, 2.45) is 0 Å². The number of benzene rings is 1. The molecule has 11 heavy (non-hydrogen) atoms. The molecule has 0 bridgehead atoms. The van der Waals surface area contributed by atoms with E-state index in [-0.39, 0.29) is 5.19 Å². The Kier molecular flexibility index (Phi) is 2.44. The third kappa shape index (κ3) is 2.38. The first-order chi connectivity index (χ1) is 5.00. The summed E-state index contributed by atoms with van der Waals surface area (Å²) in [5, 5.41) is 0.181. The lowest BCUT2D eigenvalue weighted by atomic mass is 10.4. The lowest BCUT2D eigenvalue weighted by Gasteiger charge is -2.05. The second-order valence-corrected chi connectivity index (χ2v) is 5.67. The van der Waals surface area contributed by atoms with Gasteiger partial charge in [-0.1, -0.05) is 28.1 Å². The molecular formula is C7H7BrF2Si. The van der Waals surface area contributed by atoms with E-state index >= 15 is 0 Å². The summed E-state index contributed by atoms with van der Waals surface area (Å²) < 4.78 is 26.3. The van der Waals surface area contributed by atoms with E-state index in [1.165, 1.54) is 12.1 Å². The van der Waals surface area contributed by atoms with Gasteiger partial charge in [-0.05, 0) is 18.7 Å². The molecule has 0 aliphatic rings. The topological polar surface area (TPSA) is 0 Å². The molecule has 0 saturated carbocycles. The van der Waals surface area contributed by atoms with E-state index in [2.05, 4.69) is 15.9 Å². The van der Waals surface area contributed by atoms with Gasteiger partial charge in [-0.25, -0.2) is 0 Å². The number of rotatable bonds is 1. The summed E-state index contributed by atoms with van der Waals surface area (Å²) in [6.07, 6.45) is 0. The zero-order valence-corrected chi connectivity index (χ0v) is 8.53. The summed E-state index contributed by atoms with van der Waals surface area (Å²) in [5.74, 6) is 0. The molecule has 1 aromatic carbocycles. The van der Waals surface area contributed by atoms with Crippen LogP contribution in [0.25, 0.3) is 0 Å². The fourth-order valence-electron chi connectivity index (χ4n) is 0.743. The van der Waals surface area contributed by atoms with Crippen LogP contribution < -0.4 is 5.19 Å². The molecule has 0 unspecified atom stereocenters. The molecule has 0 N–H and O–H groups in total. The van der Waals surface area contributed by atoms with Crippen LogP contribution in [-0.2, 0) is 0 Å². The first-order valence-electron chi connectivity index (χ1n) is 3.14. The van der Waals surface area contributed by atoms with Crippen molar-refractivity contribution in [1.29, 1.82) is 0 Å². The minimum Gasteiger partial charge on any atom is -0.265 e. The van der Waals surface area contributed by atoms with Gasteiger partial charge < -0.3 is 0 Å². The Morgan fingerprint density at radius 2 is 1.64 bits per heavy atom. The van der Waals surface area contributed by atoms with Gasteiger partial charge in [0.25, 0.3) is 0 Å². The number of hydrogen-bond acceptors (Lipinski definition) is 0. The smallest absolute Gasteiger partial charge is 0.265 e. The summed E-state index contributed by atoms with van der Waals surface area (Å²) in [6.45, 7) is 1.02. The highest BCUT2D eigenvalue weighted by Gasteiger charge is 2.30. The predicted octanol–water partition coefficient (Wildman–Crippen LogP) is 2.67. The summed E-state index contributed by atoms with van der Waals surface area (Å²) in [4.78, 5) is 0. The molecule has 0 radical (unpaired) electrons. The van der Waals surface area contributed by atoms with Crippen LogP contribution in [0.1, 0.15) is 0 Å². The molecule has 1 aromatic rings. The molecule has 0 spiro atoms. The van der Waals surface area contributed by atoms with E-state index in [4.69, 9.17) is 0 Å². The Morgan fingerprint density at radius 1 is 1.18 bits per heavy atom. The van der Waals surface area contributed by atoms with Gasteiger partial charge in [0, 0.05) is 9.66 Å². The Bertz CT molecular complexity index is 240. The molecule has 0 aliphatic carbocycles. The van der Waals surface area contributed by atoms with Gasteiger partial charge in [0.2, 0.25) is 0 Å². The van der Waals surface area contributed by atoms with E-state index in [1.54, 1.807) is 12.1 Å². The van der Waals surface area contributed by atoms with Gasteiger partial charge in [0.05, 0.1) is 0 Å². The maximum Gasteiger partial charge on any atom is 0.452 e. The minimum absolute atomic E-state index is 0.181. The van der Waals surface area contributed by atoms with Crippen LogP contribution >= 0.6 is 15.9 Å². The van der Waals surface area contributed by atoms with Gasteiger partial charge in [-0.15, -0.1) is 0 Å². The van der Waals surface area contributed by atoms with E-state index in [0.717, 1.165) is 11.0 Å². The molecule has 1 rings (SSSR count). The standard InChI is InChI=1S/C7H7BrF2Si/c1-11(9,10)7-4-2-6(8)3-5-7/h2-5H,1H3. The van der Waals surface area contributed by atoms with Crippen LogP contribution in [0, 0.1) is 0 Å². The second-order valence-electron chi connectivity index (χ2n) is 2.40. The average molecular weight is 237 g/mol. The van der Waals surface area contributed by atoms with E-state index in [0.29, 0.717) is 0 Å². The van der Waals surface area contributed by atoms with Gasteiger partial charge in [0.15, 0.2) is 0 Å². The van der Waals surface area contributed by atoms with Crippen LogP contribution in [-0.4, -0.2) is 8.74 Å². The van der Waals surface area contributed by atoms with E-state index in [9.17, 15) is 8.22 Å². The molecule has 0 atom stereocenters. The van der Waals surface area contributed by atoms with Crippen molar-refractivity contribution in [1.82, 2.24) is 0 Å². The molecule has 4 heteroatoms. The molecule has 0 aromatic heterocycles. The van der Waals surface area contributed by atoms with Gasteiger partial charge in [0.1, 0.15) is 0 Å². The Hall–Kier alpha value is -0.223. The molecule has 0 fully saturated rings. The lowest BCUT2D eigenvalue weighted by molar-refractivity contribution is 0.642. The quantitative estimate of drug-likeness (QED) is 0.520. The van der Waals surface area contributed by atoms with Crippen molar-refractivity contribution in [2.45, 2.75) is 6.55 Å². The Morgan fingerprint density at radius 3 is 2.00 bits per heavy atom. The normalized spacial score (nSPS) is 11.6. The average Bonchev–Trinajstić information content (AvgIpc) is 1.86. The third-order valence-electron chi connectivity index (χ3n) is 1.35. The van der Waals surface area contributed by atoms with E-state index in [1.807, 2.05) is 0 Å². The van der Waals surface area contributed by atoms with Gasteiger partial charge >= 0.3 is 8.74 Å². The van der Waals surface area contributed by atoms with Crippen molar-refractivity contribution in [2.75, 3.05) is 0 Å². The van der Waals surface area contributed by atoms with Crippen molar-refractivity contribution in [3.8, 4) is 0 Å². The lowest BCUT2D eigenvalue weighted by Crippen LogP contribution is -2.34. The molecular weight excluding hydrogens is 230 g/mol. The monoisotopic (exact) mass is 236 g/mol. The zero-order valence-electron chi connectivity index (χ0n) is 5.94. The SMILES string of the molecule is C[Si](F)(F)c1ccc(Br)cc1. The Labute approximate surface area is 73.7 Å². The minimum atomic E-state index is -4.08. The number of halogens is 3. The molecule has 0 aliphatic heterocycles. The van der Waals surface area contributed by atoms with Gasteiger partial charge in [-0.2, -0.15) is 0 Å². The van der Waals surface area contributed by atoms with Crippen LogP contribution in [0.5, 0.6) is 0 Å².